The van der Waals surface area contributed by atoms with E-state index in [9.17, 15) is 4.79 Å². The first-order valence-electron chi connectivity index (χ1n) is 7.86. The van der Waals surface area contributed by atoms with Gasteiger partial charge in [0.1, 0.15) is 5.75 Å². The molecule has 0 aliphatic rings. The van der Waals surface area contributed by atoms with Crippen LogP contribution >= 0.6 is 23.4 Å². The molecular weight excluding hydrogens is 372 g/mol. The number of primary amides is 1. The summed E-state index contributed by atoms with van der Waals surface area (Å²) in [5, 5.41) is 9.85. The number of ether oxygens (including phenoxy) is 1. The Morgan fingerprint density at radius 2 is 1.92 bits per heavy atom. The molecule has 1 heterocycles. The number of halogens is 1. The van der Waals surface area contributed by atoms with Crippen LogP contribution < -0.4 is 10.5 Å². The van der Waals surface area contributed by atoms with E-state index in [4.69, 9.17) is 22.1 Å². The number of aromatic nitrogens is 3. The Morgan fingerprint density at radius 1 is 1.19 bits per heavy atom. The van der Waals surface area contributed by atoms with E-state index < -0.39 is 0 Å². The van der Waals surface area contributed by atoms with Gasteiger partial charge in [0.2, 0.25) is 5.91 Å². The van der Waals surface area contributed by atoms with Gasteiger partial charge in [-0.3, -0.25) is 9.36 Å². The van der Waals surface area contributed by atoms with Crippen molar-refractivity contribution >= 4 is 29.3 Å². The number of carbonyl (C=O) groups excluding carboxylic acids is 1. The number of carbonyl (C=O) groups is 1. The third kappa shape index (κ3) is 4.00. The molecule has 0 aliphatic heterocycles. The topological polar surface area (TPSA) is 83.0 Å². The largest absolute Gasteiger partial charge is 0.497 e. The minimum absolute atomic E-state index is 0.265. The molecule has 0 unspecified atom stereocenters. The molecule has 0 fully saturated rings. The van der Waals surface area contributed by atoms with Crippen molar-refractivity contribution in [3.63, 3.8) is 0 Å². The van der Waals surface area contributed by atoms with E-state index in [0.717, 1.165) is 17.0 Å². The number of benzene rings is 2. The zero-order chi connectivity index (χ0) is 18.5. The maximum absolute atomic E-state index is 11.0. The number of nitrogens with two attached hydrogens (primary N) is 1. The summed E-state index contributed by atoms with van der Waals surface area (Å²) in [6, 6.07) is 15.0. The molecule has 0 aliphatic carbocycles. The summed E-state index contributed by atoms with van der Waals surface area (Å²) in [5.74, 6) is 1.55. The summed E-state index contributed by atoms with van der Waals surface area (Å²) in [6.07, 6.45) is 0.265. The molecule has 134 valence electrons. The summed E-state index contributed by atoms with van der Waals surface area (Å²) in [5.41, 5.74) is 6.87. The predicted octanol–water partition coefficient (Wildman–Crippen LogP) is 3.56. The second kappa shape index (κ2) is 8.25. The van der Waals surface area contributed by atoms with E-state index in [2.05, 4.69) is 10.2 Å². The fourth-order valence-corrected chi connectivity index (χ4v) is 3.51. The molecule has 3 aromatic rings. The summed E-state index contributed by atoms with van der Waals surface area (Å²) in [4.78, 5) is 11.0. The molecule has 0 bridgehead atoms. The van der Waals surface area contributed by atoms with Crippen molar-refractivity contribution < 1.29 is 9.53 Å². The van der Waals surface area contributed by atoms with Gasteiger partial charge in [0.05, 0.1) is 12.1 Å². The lowest BCUT2D eigenvalue weighted by atomic mass is 10.2. The second-order valence-corrected chi connectivity index (χ2v) is 6.85. The van der Waals surface area contributed by atoms with Crippen LogP contribution in [-0.2, 0) is 4.79 Å². The Balaban J connectivity index is 2.05. The Labute approximate surface area is 160 Å². The quantitative estimate of drug-likeness (QED) is 0.625. The van der Waals surface area contributed by atoms with E-state index in [0.29, 0.717) is 21.8 Å². The highest BCUT2D eigenvalue weighted by Crippen LogP contribution is 2.32. The van der Waals surface area contributed by atoms with Crippen molar-refractivity contribution in [1.82, 2.24) is 14.8 Å². The van der Waals surface area contributed by atoms with Crippen LogP contribution in [0.2, 0.25) is 5.02 Å². The molecular formula is C18H17ClN4O2S. The lowest BCUT2D eigenvalue weighted by Crippen LogP contribution is -2.11. The smallest absolute Gasteiger partial charge is 0.218 e. The van der Waals surface area contributed by atoms with E-state index in [-0.39, 0.29) is 12.3 Å². The Hall–Kier alpha value is -2.51. The van der Waals surface area contributed by atoms with Gasteiger partial charge in [-0.25, -0.2) is 0 Å². The SMILES string of the molecule is COc1ccc(-n2c(SCCC(N)=O)nnc2-c2ccccc2Cl)cc1. The molecule has 6 nitrogen and oxygen atoms in total. The number of hydrogen-bond donors (Lipinski definition) is 1. The van der Waals surface area contributed by atoms with Crippen molar-refractivity contribution in [2.45, 2.75) is 11.6 Å². The van der Waals surface area contributed by atoms with Gasteiger partial charge in [-0.15, -0.1) is 10.2 Å². The Bertz CT molecular complexity index is 912. The van der Waals surface area contributed by atoms with Gasteiger partial charge >= 0.3 is 0 Å². The minimum Gasteiger partial charge on any atom is -0.497 e. The molecule has 8 heteroatoms. The highest BCUT2D eigenvalue weighted by Gasteiger charge is 2.18. The number of nitrogens with zero attached hydrogens (tertiary/aromatic N) is 3. The highest BCUT2D eigenvalue weighted by atomic mass is 35.5. The maximum atomic E-state index is 11.0. The Morgan fingerprint density at radius 3 is 2.58 bits per heavy atom. The molecule has 0 saturated carbocycles. The van der Waals surface area contributed by atoms with Gasteiger partial charge < -0.3 is 10.5 Å². The molecule has 0 radical (unpaired) electrons. The van der Waals surface area contributed by atoms with Gasteiger partial charge in [-0.1, -0.05) is 35.5 Å². The average molecular weight is 389 g/mol. The van der Waals surface area contributed by atoms with Crippen LogP contribution in [0.15, 0.2) is 53.7 Å². The zero-order valence-electron chi connectivity index (χ0n) is 14.1. The lowest BCUT2D eigenvalue weighted by Gasteiger charge is -2.11. The number of hydrogen-bond acceptors (Lipinski definition) is 5. The summed E-state index contributed by atoms with van der Waals surface area (Å²) >= 11 is 7.77. The number of methoxy groups -OCH3 is 1. The predicted molar refractivity (Wildman–Crippen MR) is 103 cm³/mol. The lowest BCUT2D eigenvalue weighted by molar-refractivity contribution is -0.117. The summed E-state index contributed by atoms with van der Waals surface area (Å²) < 4.78 is 7.13. The molecule has 0 saturated heterocycles. The molecule has 26 heavy (non-hydrogen) atoms. The van der Waals surface area contributed by atoms with Gasteiger partial charge in [0.25, 0.3) is 0 Å². The van der Waals surface area contributed by atoms with Crippen LogP contribution in [0.5, 0.6) is 5.75 Å². The minimum atomic E-state index is -0.348. The average Bonchev–Trinajstić information content (AvgIpc) is 3.05. The fraction of sp³-hybridized carbons (Fsp3) is 0.167. The normalized spacial score (nSPS) is 10.7. The van der Waals surface area contributed by atoms with E-state index in [1.807, 2.05) is 53.1 Å². The molecule has 2 aromatic carbocycles. The van der Waals surface area contributed by atoms with E-state index in [1.54, 1.807) is 7.11 Å². The fourth-order valence-electron chi connectivity index (χ4n) is 2.39. The third-order valence-corrected chi connectivity index (χ3v) is 4.92. The van der Waals surface area contributed by atoms with Crippen LogP contribution in [-0.4, -0.2) is 33.5 Å². The van der Waals surface area contributed by atoms with Gasteiger partial charge in [-0.2, -0.15) is 0 Å². The molecule has 1 amide bonds. The molecule has 0 spiro atoms. The van der Waals surface area contributed by atoms with E-state index >= 15 is 0 Å². The van der Waals surface area contributed by atoms with Crippen molar-refractivity contribution in [3.8, 4) is 22.8 Å². The van der Waals surface area contributed by atoms with Crippen molar-refractivity contribution in [3.05, 3.63) is 53.6 Å². The van der Waals surface area contributed by atoms with Crippen molar-refractivity contribution in [1.29, 1.82) is 0 Å². The third-order valence-electron chi connectivity index (χ3n) is 3.66. The monoisotopic (exact) mass is 388 g/mol. The van der Waals surface area contributed by atoms with Gasteiger partial charge in [0, 0.05) is 23.4 Å². The summed E-state index contributed by atoms with van der Waals surface area (Å²) in [7, 11) is 1.62. The highest BCUT2D eigenvalue weighted by molar-refractivity contribution is 7.99. The number of thioether (sulfide) groups is 1. The molecule has 0 atom stereocenters. The molecule has 2 N–H and O–H groups in total. The number of rotatable bonds is 7. The summed E-state index contributed by atoms with van der Waals surface area (Å²) in [6.45, 7) is 0. The first-order valence-corrected chi connectivity index (χ1v) is 9.22. The van der Waals surface area contributed by atoms with Crippen LogP contribution in [0.1, 0.15) is 6.42 Å². The maximum Gasteiger partial charge on any atom is 0.218 e. The standard InChI is InChI=1S/C18H17ClN4O2S/c1-25-13-8-6-12(7-9-13)23-17(14-4-2-3-5-15(14)19)21-22-18(23)26-11-10-16(20)24/h2-9H,10-11H2,1H3,(H2,20,24). The van der Waals surface area contributed by atoms with Crippen molar-refractivity contribution in [2.75, 3.05) is 12.9 Å². The van der Waals surface area contributed by atoms with Gasteiger partial charge in [0.15, 0.2) is 11.0 Å². The first kappa shape index (κ1) is 18.3. The van der Waals surface area contributed by atoms with Crippen LogP contribution in [0.4, 0.5) is 0 Å². The van der Waals surface area contributed by atoms with Crippen LogP contribution in [0.25, 0.3) is 17.1 Å². The first-order chi connectivity index (χ1) is 12.6. The van der Waals surface area contributed by atoms with Crippen LogP contribution in [0, 0.1) is 0 Å². The molecule has 3 rings (SSSR count). The van der Waals surface area contributed by atoms with E-state index in [1.165, 1.54) is 11.8 Å². The van der Waals surface area contributed by atoms with Gasteiger partial charge in [-0.05, 0) is 36.4 Å². The zero-order valence-corrected chi connectivity index (χ0v) is 15.6. The Kier molecular flexibility index (Phi) is 5.80. The van der Waals surface area contributed by atoms with Crippen LogP contribution in [0.3, 0.4) is 0 Å². The van der Waals surface area contributed by atoms with Crippen molar-refractivity contribution in [2.24, 2.45) is 5.73 Å². The second-order valence-electron chi connectivity index (χ2n) is 5.38. The number of amides is 1. The molecule has 1 aromatic heterocycles.